The molecule has 2 aromatic carbocycles. The van der Waals surface area contributed by atoms with Gasteiger partial charge < -0.3 is 10.5 Å². The Morgan fingerprint density at radius 3 is 2.16 bits per heavy atom. The Balaban J connectivity index is 2.35. The molecule has 2 nitrogen and oxygen atoms in total. The summed E-state index contributed by atoms with van der Waals surface area (Å²) in [4.78, 5) is 0. The van der Waals surface area contributed by atoms with E-state index in [1.807, 2.05) is 24.3 Å². The number of ether oxygens (including phenoxy) is 1. The second kappa shape index (κ2) is 6.14. The molecule has 0 aromatic heterocycles. The van der Waals surface area contributed by atoms with Crippen molar-refractivity contribution in [3.05, 3.63) is 62.0 Å². The lowest BCUT2D eigenvalue weighted by molar-refractivity contribution is 0.415. The van der Waals surface area contributed by atoms with E-state index in [9.17, 15) is 0 Å². The summed E-state index contributed by atoms with van der Waals surface area (Å²) in [6.07, 6.45) is 0. The van der Waals surface area contributed by atoms with Crippen molar-refractivity contribution < 1.29 is 4.74 Å². The third-order valence-corrected chi connectivity index (χ3v) is 4.37. The molecule has 0 bridgehead atoms. The average molecular weight is 361 g/mol. The van der Waals surface area contributed by atoms with Gasteiger partial charge in [-0.15, -0.1) is 0 Å². The lowest BCUT2D eigenvalue weighted by Gasteiger charge is -2.14. The van der Waals surface area contributed by atoms with Crippen molar-refractivity contribution >= 4 is 39.1 Å². The zero-order chi connectivity index (χ0) is 14.0. The predicted octanol–water partition coefficient (Wildman–Crippen LogP) is 4.81. The van der Waals surface area contributed by atoms with Crippen LogP contribution in [0.3, 0.4) is 0 Å². The fraction of sp³-hybridized carbons (Fsp3) is 0.143. The molecule has 0 aliphatic rings. The molecule has 5 heteroatoms. The molecule has 0 aliphatic carbocycles. The predicted molar refractivity (Wildman–Crippen MR) is 83.2 cm³/mol. The highest BCUT2D eigenvalue weighted by Gasteiger charge is 2.12. The third kappa shape index (κ3) is 3.23. The molecule has 2 N–H and O–H groups in total. The van der Waals surface area contributed by atoms with Gasteiger partial charge in [-0.2, -0.15) is 0 Å². The minimum absolute atomic E-state index is 0.283. The SMILES string of the molecule is COc1ccc(C(N)c2ccc(Br)c(Cl)c2)cc1Cl. The Bertz CT molecular complexity index is 604. The number of nitrogens with two attached hydrogens (primary N) is 1. The van der Waals surface area contributed by atoms with Crippen molar-refractivity contribution in [1.29, 1.82) is 0 Å². The van der Waals surface area contributed by atoms with Crippen LogP contribution in [0.4, 0.5) is 0 Å². The molecule has 0 aliphatic heterocycles. The van der Waals surface area contributed by atoms with Gasteiger partial charge in [-0.25, -0.2) is 0 Å². The molecule has 0 heterocycles. The van der Waals surface area contributed by atoms with E-state index in [1.54, 1.807) is 19.2 Å². The quantitative estimate of drug-likeness (QED) is 0.852. The van der Waals surface area contributed by atoms with Gasteiger partial charge >= 0.3 is 0 Å². The van der Waals surface area contributed by atoms with Crippen molar-refractivity contribution in [1.82, 2.24) is 0 Å². The minimum atomic E-state index is -0.283. The van der Waals surface area contributed by atoms with Crippen molar-refractivity contribution in [2.75, 3.05) is 7.11 Å². The maximum absolute atomic E-state index is 6.22. The first kappa shape index (κ1) is 14.7. The van der Waals surface area contributed by atoms with Crippen molar-refractivity contribution in [2.24, 2.45) is 5.73 Å². The maximum Gasteiger partial charge on any atom is 0.137 e. The maximum atomic E-state index is 6.22. The van der Waals surface area contributed by atoms with E-state index in [4.69, 9.17) is 33.7 Å². The molecule has 0 spiro atoms. The molecule has 0 radical (unpaired) electrons. The van der Waals surface area contributed by atoms with Crippen LogP contribution in [0.5, 0.6) is 5.75 Å². The summed E-state index contributed by atoms with van der Waals surface area (Å²) in [6.45, 7) is 0. The molecule has 0 fully saturated rings. The van der Waals surface area contributed by atoms with E-state index in [-0.39, 0.29) is 6.04 Å². The van der Waals surface area contributed by atoms with Gasteiger partial charge in [-0.05, 0) is 51.3 Å². The number of rotatable bonds is 3. The Hall–Kier alpha value is -0.740. The number of halogens is 3. The molecule has 2 aromatic rings. The van der Waals surface area contributed by atoms with Gasteiger partial charge in [0.05, 0.1) is 23.2 Å². The normalized spacial score (nSPS) is 12.3. The van der Waals surface area contributed by atoms with Gasteiger partial charge in [0.2, 0.25) is 0 Å². The molecular formula is C14H12BrCl2NO. The summed E-state index contributed by atoms with van der Waals surface area (Å²) >= 11 is 15.5. The molecule has 1 atom stereocenters. The number of benzene rings is 2. The Morgan fingerprint density at radius 2 is 1.63 bits per heavy atom. The second-order valence-corrected chi connectivity index (χ2v) is 5.71. The van der Waals surface area contributed by atoms with Crippen LogP contribution in [-0.2, 0) is 0 Å². The van der Waals surface area contributed by atoms with Crippen LogP contribution < -0.4 is 10.5 Å². The molecule has 1 unspecified atom stereocenters. The van der Waals surface area contributed by atoms with Crippen molar-refractivity contribution in [3.8, 4) is 5.75 Å². The van der Waals surface area contributed by atoms with E-state index in [0.29, 0.717) is 15.8 Å². The summed E-state index contributed by atoms with van der Waals surface area (Å²) in [5.74, 6) is 0.631. The van der Waals surface area contributed by atoms with E-state index in [1.165, 1.54) is 0 Å². The first-order valence-electron chi connectivity index (χ1n) is 5.57. The number of methoxy groups -OCH3 is 1. The van der Waals surface area contributed by atoms with Crippen LogP contribution in [0.15, 0.2) is 40.9 Å². The lowest BCUT2D eigenvalue weighted by atomic mass is 9.99. The van der Waals surface area contributed by atoms with Gasteiger partial charge in [0.15, 0.2) is 0 Å². The van der Waals surface area contributed by atoms with Crippen LogP contribution in [-0.4, -0.2) is 7.11 Å². The van der Waals surface area contributed by atoms with Crippen LogP contribution in [0.1, 0.15) is 17.2 Å². The summed E-state index contributed by atoms with van der Waals surface area (Å²) in [5, 5.41) is 1.17. The number of hydrogen-bond donors (Lipinski definition) is 1. The third-order valence-electron chi connectivity index (χ3n) is 2.84. The second-order valence-electron chi connectivity index (χ2n) is 4.05. The van der Waals surface area contributed by atoms with Crippen LogP contribution in [0.25, 0.3) is 0 Å². The first-order valence-corrected chi connectivity index (χ1v) is 7.11. The molecule has 0 amide bonds. The average Bonchev–Trinajstić information content (AvgIpc) is 2.41. The highest BCUT2D eigenvalue weighted by Crippen LogP contribution is 2.31. The summed E-state index contributed by atoms with van der Waals surface area (Å²) in [6, 6.07) is 10.9. The van der Waals surface area contributed by atoms with Crippen LogP contribution in [0, 0.1) is 0 Å². The summed E-state index contributed by atoms with van der Waals surface area (Å²) in [5.41, 5.74) is 8.05. The van der Waals surface area contributed by atoms with Crippen LogP contribution >= 0.6 is 39.1 Å². The molecule has 0 saturated heterocycles. The molecular weight excluding hydrogens is 349 g/mol. The van der Waals surface area contributed by atoms with Gasteiger partial charge in [-0.1, -0.05) is 35.3 Å². The van der Waals surface area contributed by atoms with E-state index in [0.717, 1.165) is 15.6 Å². The lowest BCUT2D eigenvalue weighted by Crippen LogP contribution is -2.11. The van der Waals surface area contributed by atoms with E-state index < -0.39 is 0 Å². The Labute approximate surface area is 130 Å². The standard InChI is InChI=1S/C14H12BrCl2NO/c1-19-13-5-3-9(7-12(13)17)14(18)8-2-4-10(15)11(16)6-8/h2-7,14H,18H2,1H3. The van der Waals surface area contributed by atoms with Gasteiger partial charge in [0, 0.05) is 4.47 Å². The molecule has 100 valence electrons. The van der Waals surface area contributed by atoms with Gasteiger partial charge in [-0.3, -0.25) is 0 Å². The smallest absolute Gasteiger partial charge is 0.137 e. The summed E-state index contributed by atoms with van der Waals surface area (Å²) in [7, 11) is 1.58. The topological polar surface area (TPSA) is 35.2 Å². The zero-order valence-corrected chi connectivity index (χ0v) is 13.3. The molecule has 19 heavy (non-hydrogen) atoms. The fourth-order valence-electron chi connectivity index (χ4n) is 1.77. The molecule has 2 rings (SSSR count). The zero-order valence-electron chi connectivity index (χ0n) is 10.2. The largest absolute Gasteiger partial charge is 0.495 e. The highest BCUT2D eigenvalue weighted by molar-refractivity contribution is 9.10. The fourth-order valence-corrected chi connectivity index (χ4v) is 2.48. The van der Waals surface area contributed by atoms with Crippen LogP contribution in [0.2, 0.25) is 10.0 Å². The Morgan fingerprint density at radius 1 is 1.05 bits per heavy atom. The van der Waals surface area contributed by atoms with Crippen molar-refractivity contribution in [3.63, 3.8) is 0 Å². The monoisotopic (exact) mass is 359 g/mol. The number of hydrogen-bond acceptors (Lipinski definition) is 2. The highest BCUT2D eigenvalue weighted by atomic mass is 79.9. The first-order chi connectivity index (χ1) is 9.02. The summed E-state index contributed by atoms with van der Waals surface area (Å²) < 4.78 is 5.97. The molecule has 0 saturated carbocycles. The minimum Gasteiger partial charge on any atom is -0.495 e. The van der Waals surface area contributed by atoms with Gasteiger partial charge in [0.25, 0.3) is 0 Å². The Kier molecular flexibility index (Phi) is 4.74. The van der Waals surface area contributed by atoms with E-state index in [2.05, 4.69) is 15.9 Å². The van der Waals surface area contributed by atoms with Crippen molar-refractivity contribution in [2.45, 2.75) is 6.04 Å². The van der Waals surface area contributed by atoms with Gasteiger partial charge in [0.1, 0.15) is 5.75 Å². The van der Waals surface area contributed by atoms with E-state index >= 15 is 0 Å².